The van der Waals surface area contributed by atoms with E-state index in [0.717, 1.165) is 12.1 Å². The Morgan fingerprint density at radius 2 is 2.25 bits per heavy atom. The number of rotatable bonds is 3. The highest BCUT2D eigenvalue weighted by atomic mass is 32.2. The van der Waals surface area contributed by atoms with Gasteiger partial charge in [0, 0.05) is 11.7 Å². The van der Waals surface area contributed by atoms with Crippen molar-refractivity contribution in [3.05, 3.63) is 51.6 Å². The minimum absolute atomic E-state index is 0.0337. The van der Waals surface area contributed by atoms with Gasteiger partial charge in [-0.1, -0.05) is 30.0 Å². The number of thioether (sulfide) groups is 1. The van der Waals surface area contributed by atoms with Crippen LogP contribution in [0, 0.1) is 0 Å². The molecule has 2 aromatic heterocycles. The van der Waals surface area contributed by atoms with E-state index in [9.17, 15) is 9.59 Å². The van der Waals surface area contributed by atoms with Gasteiger partial charge in [-0.2, -0.15) is 0 Å². The monoisotopic (exact) mass is 357 g/mol. The van der Waals surface area contributed by atoms with Gasteiger partial charge < -0.3 is 9.88 Å². The molecule has 3 heterocycles. The van der Waals surface area contributed by atoms with Crippen LogP contribution in [0.5, 0.6) is 0 Å². The number of aromatic nitrogens is 2. The zero-order chi connectivity index (χ0) is 16.7. The number of carbonyl (C=O) groups excluding carboxylic acids is 1. The number of amides is 1. The van der Waals surface area contributed by atoms with E-state index >= 15 is 0 Å². The van der Waals surface area contributed by atoms with Crippen LogP contribution in [0.15, 0.2) is 45.7 Å². The lowest BCUT2D eigenvalue weighted by Gasteiger charge is -2.22. The third kappa shape index (κ3) is 2.63. The summed E-state index contributed by atoms with van der Waals surface area (Å²) in [5.41, 5.74) is 2.04. The minimum Gasteiger partial charge on any atom is -0.308 e. The molecule has 1 aliphatic heterocycles. The summed E-state index contributed by atoms with van der Waals surface area (Å²) in [5, 5.41) is 2.93. The predicted molar refractivity (Wildman–Crippen MR) is 98.1 cm³/mol. The fourth-order valence-electron chi connectivity index (χ4n) is 3.06. The van der Waals surface area contributed by atoms with Gasteiger partial charge >= 0.3 is 0 Å². The lowest BCUT2D eigenvalue weighted by atomic mass is 10.1. The summed E-state index contributed by atoms with van der Waals surface area (Å²) >= 11 is 2.70. The number of nitrogens with zero attached hydrogens (tertiary/aromatic N) is 2. The average Bonchev–Trinajstić information content (AvgIpc) is 3.16. The van der Waals surface area contributed by atoms with Crippen LogP contribution in [0.25, 0.3) is 10.2 Å². The molecule has 0 saturated heterocycles. The van der Waals surface area contributed by atoms with Gasteiger partial charge in [0.05, 0.1) is 11.1 Å². The lowest BCUT2D eigenvalue weighted by Crippen LogP contribution is -2.37. The van der Waals surface area contributed by atoms with E-state index < -0.39 is 0 Å². The molecule has 1 atom stereocenters. The third-order valence-electron chi connectivity index (χ3n) is 4.12. The molecule has 7 heteroatoms. The smallest absolute Gasteiger partial charge is 0.260 e. The second-order valence-corrected chi connectivity index (χ2v) is 7.60. The number of para-hydroxylation sites is 1. The maximum absolute atomic E-state index is 12.7. The van der Waals surface area contributed by atoms with Gasteiger partial charge in [-0.15, -0.1) is 11.3 Å². The Hall–Kier alpha value is -2.12. The molecule has 24 heavy (non-hydrogen) atoms. The molecular weight excluding hydrogens is 342 g/mol. The quantitative estimate of drug-likeness (QED) is 0.578. The van der Waals surface area contributed by atoms with Gasteiger partial charge in [0.25, 0.3) is 5.56 Å². The van der Waals surface area contributed by atoms with Crippen molar-refractivity contribution in [1.82, 2.24) is 9.97 Å². The van der Waals surface area contributed by atoms with E-state index in [1.165, 1.54) is 28.7 Å². The maximum Gasteiger partial charge on any atom is 0.260 e. The SMILES string of the molecule is CC1Cc2ccccc2N1C(=O)CSc1nc2sccc2c(=O)[nH]1. The minimum atomic E-state index is -0.156. The molecule has 0 saturated carbocycles. The molecule has 1 unspecified atom stereocenters. The number of H-pyrrole nitrogens is 1. The molecule has 0 fully saturated rings. The summed E-state index contributed by atoms with van der Waals surface area (Å²) in [6.07, 6.45) is 0.878. The van der Waals surface area contributed by atoms with Crippen LogP contribution in [0.3, 0.4) is 0 Å². The molecule has 1 amide bonds. The summed E-state index contributed by atoms with van der Waals surface area (Å²) in [5.74, 6) is 0.282. The van der Waals surface area contributed by atoms with Gasteiger partial charge in [0.2, 0.25) is 5.91 Å². The van der Waals surface area contributed by atoms with Crippen LogP contribution in [0.2, 0.25) is 0 Å². The van der Waals surface area contributed by atoms with E-state index in [4.69, 9.17) is 0 Å². The zero-order valence-corrected chi connectivity index (χ0v) is 14.6. The molecular formula is C17H15N3O2S2. The lowest BCUT2D eigenvalue weighted by molar-refractivity contribution is -0.116. The fourth-order valence-corrected chi connectivity index (χ4v) is 4.60. The van der Waals surface area contributed by atoms with Crippen molar-refractivity contribution in [3.63, 3.8) is 0 Å². The Bertz CT molecular complexity index is 979. The number of thiophene rings is 1. The first-order chi connectivity index (χ1) is 11.6. The summed E-state index contributed by atoms with van der Waals surface area (Å²) in [7, 11) is 0. The molecule has 0 aliphatic carbocycles. The van der Waals surface area contributed by atoms with E-state index in [1.807, 2.05) is 28.5 Å². The highest BCUT2D eigenvalue weighted by Crippen LogP contribution is 2.32. The first kappa shape index (κ1) is 15.4. The van der Waals surface area contributed by atoms with Crippen LogP contribution in [0.4, 0.5) is 5.69 Å². The maximum atomic E-state index is 12.7. The summed E-state index contributed by atoms with van der Waals surface area (Å²) in [4.78, 5) is 34.4. The summed E-state index contributed by atoms with van der Waals surface area (Å²) < 4.78 is 0. The number of fused-ring (bicyclic) bond motifs is 2. The van der Waals surface area contributed by atoms with Crippen LogP contribution < -0.4 is 10.5 Å². The van der Waals surface area contributed by atoms with Crippen molar-refractivity contribution in [2.75, 3.05) is 10.7 Å². The molecule has 0 bridgehead atoms. The number of hydrogen-bond donors (Lipinski definition) is 1. The van der Waals surface area contributed by atoms with Gasteiger partial charge in [-0.05, 0) is 36.4 Å². The Morgan fingerprint density at radius 1 is 1.42 bits per heavy atom. The number of aromatic amines is 1. The second kappa shape index (κ2) is 6.07. The van der Waals surface area contributed by atoms with Crippen molar-refractivity contribution >= 4 is 44.9 Å². The summed E-state index contributed by atoms with van der Waals surface area (Å²) in [6.45, 7) is 2.06. The highest BCUT2D eigenvalue weighted by molar-refractivity contribution is 7.99. The number of benzene rings is 1. The van der Waals surface area contributed by atoms with Gasteiger partial charge in [0.15, 0.2) is 5.16 Å². The van der Waals surface area contributed by atoms with Crippen LogP contribution in [0.1, 0.15) is 12.5 Å². The third-order valence-corrected chi connectivity index (χ3v) is 5.79. The van der Waals surface area contributed by atoms with Crippen LogP contribution >= 0.6 is 23.1 Å². The predicted octanol–water partition coefficient (Wildman–Crippen LogP) is 3.05. The Morgan fingerprint density at radius 3 is 3.12 bits per heavy atom. The first-order valence-corrected chi connectivity index (χ1v) is 9.50. The normalized spacial score (nSPS) is 16.5. The fraction of sp³-hybridized carbons (Fsp3) is 0.235. The van der Waals surface area contributed by atoms with Crippen LogP contribution in [-0.2, 0) is 11.2 Å². The largest absolute Gasteiger partial charge is 0.308 e. The van der Waals surface area contributed by atoms with Gasteiger partial charge in [0.1, 0.15) is 4.83 Å². The van der Waals surface area contributed by atoms with Crippen molar-refractivity contribution in [2.45, 2.75) is 24.5 Å². The topological polar surface area (TPSA) is 66.1 Å². The van der Waals surface area contributed by atoms with Crippen molar-refractivity contribution in [1.29, 1.82) is 0 Å². The van der Waals surface area contributed by atoms with Crippen LogP contribution in [-0.4, -0.2) is 27.7 Å². The molecule has 0 spiro atoms. The molecule has 1 aromatic carbocycles. The van der Waals surface area contributed by atoms with E-state index in [0.29, 0.717) is 15.4 Å². The first-order valence-electron chi connectivity index (χ1n) is 7.64. The molecule has 1 N–H and O–H groups in total. The molecule has 0 radical (unpaired) electrons. The van der Waals surface area contributed by atoms with E-state index in [1.54, 1.807) is 6.07 Å². The van der Waals surface area contributed by atoms with Crippen molar-refractivity contribution in [2.24, 2.45) is 0 Å². The van der Waals surface area contributed by atoms with E-state index in [2.05, 4.69) is 23.0 Å². The number of nitrogens with one attached hydrogen (secondary N) is 1. The van der Waals surface area contributed by atoms with Gasteiger partial charge in [-0.25, -0.2) is 4.98 Å². The Balaban J connectivity index is 1.53. The van der Waals surface area contributed by atoms with E-state index in [-0.39, 0.29) is 23.3 Å². The van der Waals surface area contributed by atoms with Crippen molar-refractivity contribution in [3.8, 4) is 0 Å². The van der Waals surface area contributed by atoms with Crippen molar-refractivity contribution < 1.29 is 4.79 Å². The number of hydrogen-bond acceptors (Lipinski definition) is 5. The second-order valence-electron chi connectivity index (χ2n) is 5.74. The average molecular weight is 357 g/mol. The van der Waals surface area contributed by atoms with Gasteiger partial charge in [-0.3, -0.25) is 9.59 Å². The Labute approximate surface area is 146 Å². The zero-order valence-electron chi connectivity index (χ0n) is 13.0. The molecule has 3 aromatic rings. The standard InChI is InChI=1S/C17H15N3O2S2/c1-10-8-11-4-2-3-5-13(11)20(10)14(21)9-24-17-18-15(22)12-6-7-23-16(12)19-17/h2-7,10H,8-9H2,1H3,(H,18,19,22). The Kier molecular flexibility index (Phi) is 3.90. The molecule has 122 valence electrons. The highest BCUT2D eigenvalue weighted by Gasteiger charge is 2.30. The number of anilines is 1. The number of carbonyl (C=O) groups is 1. The molecule has 5 nitrogen and oxygen atoms in total. The molecule has 4 rings (SSSR count). The molecule has 1 aliphatic rings. The summed E-state index contributed by atoms with van der Waals surface area (Å²) in [6, 6.07) is 9.92.